The maximum atomic E-state index is 11.4. The van der Waals surface area contributed by atoms with Gasteiger partial charge in [-0.2, -0.15) is 0 Å². The smallest absolute Gasteiger partial charge is 0.217 e. The number of nitrogens with one attached hydrogen (secondary N) is 1. The number of nitrogens with zero attached hydrogens (tertiary/aromatic N) is 1. The largest absolute Gasteiger partial charge is 0.379 e. The molecule has 0 spiro atoms. The molecule has 2 fully saturated rings. The Morgan fingerprint density at radius 3 is 2.62 bits per heavy atom. The van der Waals surface area contributed by atoms with E-state index >= 15 is 0 Å². The molecule has 1 heterocycles. The first-order chi connectivity index (χ1) is 12.7. The van der Waals surface area contributed by atoms with Gasteiger partial charge in [-0.05, 0) is 36.7 Å². The highest BCUT2D eigenvalue weighted by atomic mass is 16.5. The van der Waals surface area contributed by atoms with Crippen molar-refractivity contribution in [3.8, 4) is 0 Å². The van der Waals surface area contributed by atoms with Crippen molar-refractivity contribution in [3.63, 3.8) is 0 Å². The number of hydrogen-bond acceptors (Lipinski definition) is 4. The highest BCUT2D eigenvalue weighted by molar-refractivity contribution is 5.73. The maximum absolute atomic E-state index is 11.4. The third kappa shape index (κ3) is 5.29. The normalized spacial score (nSPS) is 28.7. The van der Waals surface area contributed by atoms with E-state index in [4.69, 9.17) is 9.47 Å². The summed E-state index contributed by atoms with van der Waals surface area (Å²) in [5, 5.41) is 3.08. The van der Waals surface area contributed by atoms with E-state index < -0.39 is 0 Å². The Morgan fingerprint density at radius 2 is 1.92 bits per heavy atom. The van der Waals surface area contributed by atoms with Gasteiger partial charge in [-0.1, -0.05) is 30.3 Å². The van der Waals surface area contributed by atoms with E-state index in [-0.39, 0.29) is 18.1 Å². The molecule has 3 rings (SSSR count). The van der Waals surface area contributed by atoms with Gasteiger partial charge < -0.3 is 19.7 Å². The Labute approximate surface area is 157 Å². The lowest BCUT2D eigenvalue weighted by molar-refractivity contribution is -0.121. The summed E-state index contributed by atoms with van der Waals surface area (Å²) < 4.78 is 11.4. The Morgan fingerprint density at radius 1 is 1.19 bits per heavy atom. The molecule has 5 nitrogen and oxygen atoms in total. The van der Waals surface area contributed by atoms with E-state index in [1.807, 2.05) is 18.2 Å². The number of fused-ring (bicyclic) bond motifs is 1. The van der Waals surface area contributed by atoms with Gasteiger partial charge in [0.2, 0.25) is 5.91 Å². The minimum absolute atomic E-state index is 0.0425. The molecule has 1 aliphatic carbocycles. The molecule has 1 aromatic carbocycles. The lowest BCUT2D eigenvalue weighted by Gasteiger charge is -2.37. The minimum atomic E-state index is 0.0425. The lowest BCUT2D eigenvalue weighted by Crippen LogP contribution is -2.49. The molecular formula is C21H32N2O3. The van der Waals surface area contributed by atoms with Gasteiger partial charge in [0.15, 0.2) is 0 Å². The zero-order valence-electron chi connectivity index (χ0n) is 16.0. The minimum Gasteiger partial charge on any atom is -0.379 e. The van der Waals surface area contributed by atoms with Crippen LogP contribution in [0.1, 0.15) is 31.7 Å². The number of carbonyl (C=O) groups is 1. The molecule has 144 valence electrons. The first-order valence-corrected chi connectivity index (χ1v) is 9.79. The monoisotopic (exact) mass is 360 g/mol. The van der Waals surface area contributed by atoms with Gasteiger partial charge in [0.05, 0.1) is 18.8 Å². The van der Waals surface area contributed by atoms with Gasteiger partial charge in [-0.3, -0.25) is 4.79 Å². The van der Waals surface area contributed by atoms with Crippen molar-refractivity contribution in [2.75, 3.05) is 33.4 Å². The van der Waals surface area contributed by atoms with Crippen LogP contribution in [0.3, 0.4) is 0 Å². The highest BCUT2D eigenvalue weighted by Crippen LogP contribution is 2.37. The van der Waals surface area contributed by atoms with E-state index in [1.165, 1.54) is 5.56 Å². The number of hydrogen-bond donors (Lipinski definition) is 1. The van der Waals surface area contributed by atoms with Gasteiger partial charge in [-0.25, -0.2) is 0 Å². The number of amides is 1. The summed E-state index contributed by atoms with van der Waals surface area (Å²) in [6, 6.07) is 10.5. The van der Waals surface area contributed by atoms with Gasteiger partial charge >= 0.3 is 0 Å². The molecule has 1 saturated carbocycles. The molecule has 1 aromatic rings. The third-order valence-corrected chi connectivity index (χ3v) is 5.76. The number of methoxy groups -OCH3 is 1. The average Bonchev–Trinajstić information content (AvgIpc) is 3.02. The number of ether oxygens (including phenoxy) is 2. The van der Waals surface area contributed by atoms with Gasteiger partial charge in [0.1, 0.15) is 0 Å². The van der Waals surface area contributed by atoms with Gasteiger partial charge in [0, 0.05) is 40.3 Å². The molecule has 0 bridgehead atoms. The fourth-order valence-corrected chi connectivity index (χ4v) is 4.52. The summed E-state index contributed by atoms with van der Waals surface area (Å²) in [5.41, 5.74) is 1.23. The molecule has 4 atom stereocenters. The van der Waals surface area contributed by atoms with Crippen molar-refractivity contribution in [2.24, 2.45) is 11.8 Å². The molecule has 2 aliphatic rings. The van der Waals surface area contributed by atoms with Crippen LogP contribution in [0.15, 0.2) is 30.3 Å². The van der Waals surface area contributed by atoms with E-state index in [0.717, 1.165) is 45.5 Å². The summed E-state index contributed by atoms with van der Waals surface area (Å²) in [4.78, 5) is 14.0. The number of benzene rings is 1. The van der Waals surface area contributed by atoms with E-state index in [9.17, 15) is 4.79 Å². The second kappa shape index (κ2) is 9.49. The number of rotatable bonds is 8. The van der Waals surface area contributed by atoms with Crippen molar-refractivity contribution in [1.29, 1.82) is 0 Å². The van der Waals surface area contributed by atoms with E-state index in [1.54, 1.807) is 14.0 Å². The van der Waals surface area contributed by atoms with Crippen molar-refractivity contribution in [1.82, 2.24) is 10.2 Å². The SMILES string of the molecule is CO[C@@H]1C[C@H]2CN(CCCOCc3ccccc3)C[C@H]2C[C@H]1NC(C)=O. The van der Waals surface area contributed by atoms with Crippen LogP contribution < -0.4 is 5.32 Å². The summed E-state index contributed by atoms with van der Waals surface area (Å²) in [6.45, 7) is 6.46. The Hall–Kier alpha value is -1.43. The predicted molar refractivity (Wildman–Crippen MR) is 102 cm³/mol. The Bertz CT molecular complexity index is 566. The molecule has 26 heavy (non-hydrogen) atoms. The third-order valence-electron chi connectivity index (χ3n) is 5.76. The van der Waals surface area contributed by atoms with Crippen LogP contribution in [0, 0.1) is 11.8 Å². The fraction of sp³-hybridized carbons (Fsp3) is 0.667. The average molecular weight is 360 g/mol. The lowest BCUT2D eigenvalue weighted by atomic mass is 9.77. The van der Waals surface area contributed by atoms with Crippen LogP contribution in [-0.2, 0) is 20.9 Å². The van der Waals surface area contributed by atoms with Crippen LogP contribution in [0.4, 0.5) is 0 Å². The molecule has 5 heteroatoms. The molecule has 0 radical (unpaired) electrons. The molecule has 1 amide bonds. The summed E-state index contributed by atoms with van der Waals surface area (Å²) in [7, 11) is 1.76. The topological polar surface area (TPSA) is 50.8 Å². The summed E-state index contributed by atoms with van der Waals surface area (Å²) >= 11 is 0. The second-order valence-corrected chi connectivity index (χ2v) is 7.72. The van der Waals surface area contributed by atoms with Crippen molar-refractivity contribution < 1.29 is 14.3 Å². The standard InChI is InChI=1S/C21H32N2O3/c1-16(24)22-20-11-18-13-23(14-19(18)12-21(20)25-2)9-6-10-26-15-17-7-4-3-5-8-17/h3-5,7-8,18-21H,6,9-15H2,1-2H3,(H,22,24)/t18-,19+,20-,21-/m1/s1. The quantitative estimate of drug-likeness (QED) is 0.724. The fourth-order valence-electron chi connectivity index (χ4n) is 4.52. The zero-order chi connectivity index (χ0) is 18.4. The van der Waals surface area contributed by atoms with Crippen LogP contribution in [-0.4, -0.2) is 56.3 Å². The van der Waals surface area contributed by atoms with Crippen LogP contribution >= 0.6 is 0 Å². The molecule has 0 aromatic heterocycles. The van der Waals surface area contributed by atoms with E-state index in [0.29, 0.717) is 18.4 Å². The molecule has 0 unspecified atom stereocenters. The van der Waals surface area contributed by atoms with Crippen molar-refractivity contribution >= 4 is 5.91 Å². The molecule has 1 N–H and O–H groups in total. The van der Waals surface area contributed by atoms with Crippen molar-refractivity contribution in [2.45, 2.75) is 44.9 Å². The second-order valence-electron chi connectivity index (χ2n) is 7.72. The van der Waals surface area contributed by atoms with Gasteiger partial charge in [-0.15, -0.1) is 0 Å². The molecular weight excluding hydrogens is 328 g/mol. The van der Waals surface area contributed by atoms with Crippen molar-refractivity contribution in [3.05, 3.63) is 35.9 Å². The Kier molecular flexibility index (Phi) is 7.06. The molecule has 1 aliphatic heterocycles. The molecule has 1 saturated heterocycles. The van der Waals surface area contributed by atoms with E-state index in [2.05, 4.69) is 22.3 Å². The maximum Gasteiger partial charge on any atom is 0.217 e. The zero-order valence-corrected chi connectivity index (χ0v) is 16.0. The number of carbonyl (C=O) groups excluding carboxylic acids is 1. The summed E-state index contributed by atoms with van der Waals surface area (Å²) in [6.07, 6.45) is 3.29. The Balaban J connectivity index is 1.37. The van der Waals surface area contributed by atoms with Crippen LogP contribution in [0.25, 0.3) is 0 Å². The van der Waals surface area contributed by atoms with Gasteiger partial charge in [0.25, 0.3) is 0 Å². The number of likely N-dealkylation sites (tertiary alicyclic amines) is 1. The highest BCUT2D eigenvalue weighted by Gasteiger charge is 2.42. The predicted octanol–water partition coefficient (Wildman–Crippen LogP) is 2.45. The van der Waals surface area contributed by atoms with Crippen LogP contribution in [0.5, 0.6) is 0 Å². The first kappa shape index (κ1) is 19.3. The van der Waals surface area contributed by atoms with Crippen LogP contribution in [0.2, 0.25) is 0 Å². The summed E-state index contributed by atoms with van der Waals surface area (Å²) in [5.74, 6) is 1.40. The first-order valence-electron chi connectivity index (χ1n) is 9.79.